The molecule has 190 valence electrons. The Morgan fingerprint density at radius 1 is 1.03 bits per heavy atom. The molecule has 1 aromatic heterocycles. The third-order valence-electron chi connectivity index (χ3n) is 5.69. The molecule has 0 spiro atoms. The number of esters is 1. The molecule has 0 radical (unpaired) electrons. The van der Waals surface area contributed by atoms with Crippen molar-refractivity contribution in [2.45, 2.75) is 20.0 Å². The van der Waals surface area contributed by atoms with E-state index in [-0.39, 0.29) is 51.1 Å². The van der Waals surface area contributed by atoms with Crippen LogP contribution >= 0.6 is 23.2 Å². The van der Waals surface area contributed by atoms with Gasteiger partial charge in [0.2, 0.25) is 0 Å². The molecular weight excluding hydrogens is 521 g/mol. The largest absolute Gasteiger partial charge is 0.422 e. The van der Waals surface area contributed by atoms with Crippen LogP contribution in [0.25, 0.3) is 16.6 Å². The molecule has 4 aromatic rings. The van der Waals surface area contributed by atoms with Crippen molar-refractivity contribution in [1.29, 1.82) is 0 Å². The number of halogens is 2. The van der Waals surface area contributed by atoms with Crippen LogP contribution in [0.2, 0.25) is 10.0 Å². The summed E-state index contributed by atoms with van der Waals surface area (Å²) in [5.74, 6) is -1.55. The van der Waals surface area contributed by atoms with Crippen LogP contribution in [0.4, 0.5) is 5.69 Å². The second-order valence-corrected chi connectivity index (χ2v) is 8.84. The quantitative estimate of drug-likeness (QED) is 0.280. The van der Waals surface area contributed by atoms with E-state index in [1.807, 2.05) is 0 Å². The van der Waals surface area contributed by atoms with Gasteiger partial charge in [-0.25, -0.2) is 9.36 Å². The van der Waals surface area contributed by atoms with E-state index < -0.39 is 23.1 Å². The lowest BCUT2D eigenvalue weighted by molar-refractivity contribution is -0.133. The van der Waals surface area contributed by atoms with Crippen LogP contribution in [0.15, 0.2) is 64.2 Å². The smallest absolute Gasteiger partial charge is 0.335 e. The number of amides is 1. The number of hydrogen-bond acceptors (Lipinski definition) is 6. The summed E-state index contributed by atoms with van der Waals surface area (Å²) in [5.41, 5.74) is -0.622. The first-order chi connectivity index (χ1) is 17.7. The van der Waals surface area contributed by atoms with Gasteiger partial charge in [0.25, 0.3) is 11.5 Å². The summed E-state index contributed by atoms with van der Waals surface area (Å²) in [6.07, 6.45) is -0.0114. The summed E-state index contributed by atoms with van der Waals surface area (Å²) in [6, 6.07) is 13.6. The van der Waals surface area contributed by atoms with E-state index in [2.05, 4.69) is 5.32 Å². The molecule has 0 fully saturated rings. The average Bonchev–Trinajstić information content (AvgIpc) is 2.88. The maximum atomic E-state index is 13.5. The van der Waals surface area contributed by atoms with E-state index in [0.717, 1.165) is 4.57 Å². The van der Waals surface area contributed by atoms with E-state index >= 15 is 0 Å². The molecule has 1 amide bonds. The molecule has 0 aliphatic rings. The summed E-state index contributed by atoms with van der Waals surface area (Å²) in [6.45, 7) is 1.27. The zero-order valence-electron chi connectivity index (χ0n) is 19.7. The summed E-state index contributed by atoms with van der Waals surface area (Å²) in [5, 5.41) is 12.5. The predicted molar refractivity (Wildman–Crippen MR) is 141 cm³/mol. The number of fused-ring (bicyclic) bond motifs is 1. The van der Waals surface area contributed by atoms with Crippen molar-refractivity contribution in [3.63, 3.8) is 0 Å². The van der Waals surface area contributed by atoms with Gasteiger partial charge in [-0.05, 0) is 42.0 Å². The normalized spacial score (nSPS) is 10.9. The minimum atomic E-state index is -0.708. The van der Waals surface area contributed by atoms with Crippen LogP contribution < -0.4 is 21.3 Å². The zero-order valence-corrected chi connectivity index (χ0v) is 21.3. The number of carbonyl (C=O) groups is 2. The third kappa shape index (κ3) is 4.89. The lowest BCUT2D eigenvalue weighted by atomic mass is 10.1. The molecule has 0 unspecified atom stereocenters. The molecule has 2 N–H and O–H groups in total. The molecule has 1 heterocycles. The Labute approximate surface area is 220 Å². The van der Waals surface area contributed by atoms with Gasteiger partial charge in [0.1, 0.15) is 0 Å². The maximum Gasteiger partial charge on any atom is 0.335 e. The molecule has 11 heteroatoms. The lowest BCUT2D eigenvalue weighted by Crippen LogP contribution is -2.38. The van der Waals surface area contributed by atoms with Crippen molar-refractivity contribution >= 4 is 51.7 Å². The highest BCUT2D eigenvalue weighted by Gasteiger charge is 2.23. The fourth-order valence-corrected chi connectivity index (χ4v) is 4.38. The molecule has 0 saturated heterocycles. The summed E-state index contributed by atoms with van der Waals surface area (Å²) in [7, 11) is 1.49. The first kappa shape index (κ1) is 26.2. The minimum Gasteiger partial charge on any atom is -0.422 e. The van der Waals surface area contributed by atoms with Gasteiger partial charge in [-0.3, -0.25) is 19.0 Å². The Morgan fingerprint density at radius 2 is 1.70 bits per heavy atom. The fraction of sp³-hybridized carbons (Fsp3) is 0.154. The number of carbonyl (C=O) groups excluding carboxylic acids is 2. The molecular formula is C26H21Cl2N3O6. The van der Waals surface area contributed by atoms with E-state index in [9.17, 15) is 24.3 Å². The highest BCUT2D eigenvalue weighted by atomic mass is 35.5. The zero-order chi connectivity index (χ0) is 26.9. The topological polar surface area (TPSA) is 120 Å². The monoisotopic (exact) mass is 541 g/mol. The molecule has 0 bridgehead atoms. The molecule has 4 rings (SSSR count). The summed E-state index contributed by atoms with van der Waals surface area (Å²) < 4.78 is 7.63. The third-order valence-corrected chi connectivity index (χ3v) is 6.32. The van der Waals surface area contributed by atoms with Crippen molar-refractivity contribution in [1.82, 2.24) is 9.13 Å². The lowest BCUT2D eigenvalue weighted by Gasteiger charge is -2.18. The first-order valence-corrected chi connectivity index (χ1v) is 11.9. The van der Waals surface area contributed by atoms with Gasteiger partial charge in [-0.15, -0.1) is 0 Å². The molecule has 0 aliphatic heterocycles. The minimum absolute atomic E-state index is 0.000627. The number of benzene rings is 3. The van der Waals surface area contributed by atoms with Gasteiger partial charge in [-0.2, -0.15) is 0 Å². The predicted octanol–water partition coefficient (Wildman–Crippen LogP) is 4.06. The van der Waals surface area contributed by atoms with E-state index in [1.54, 1.807) is 25.1 Å². The Balaban J connectivity index is 1.96. The summed E-state index contributed by atoms with van der Waals surface area (Å²) >= 11 is 12.3. The van der Waals surface area contributed by atoms with Crippen molar-refractivity contribution in [2.24, 2.45) is 7.05 Å². The molecule has 0 saturated carbocycles. The standard InChI is InChI=1S/C26H21Cl2N3O6/c1-3-21(33)37-23-18(29-24(34)22-16(27)6-4-7-17(22)28)8-5-9-20(23)31-25(35)15-12-14(13-32)10-11-19(15)30(2)26(31)36/h4-12,32H,3,13H2,1-2H3,(H,29,34). The van der Waals surface area contributed by atoms with Crippen molar-refractivity contribution < 1.29 is 19.4 Å². The van der Waals surface area contributed by atoms with Gasteiger partial charge >= 0.3 is 11.7 Å². The number of aliphatic hydroxyl groups excluding tert-OH is 1. The Hall–Kier alpha value is -3.92. The van der Waals surface area contributed by atoms with Crippen LogP contribution in [0, 0.1) is 0 Å². The molecule has 37 heavy (non-hydrogen) atoms. The second-order valence-electron chi connectivity index (χ2n) is 8.02. The number of hydrogen-bond donors (Lipinski definition) is 2. The number of ether oxygens (including phenoxy) is 1. The highest BCUT2D eigenvalue weighted by Crippen LogP contribution is 2.33. The SMILES string of the molecule is CCC(=O)Oc1c(NC(=O)c2c(Cl)cccc2Cl)cccc1-n1c(=O)c2cc(CO)ccc2n(C)c1=O. The van der Waals surface area contributed by atoms with Gasteiger partial charge in [0.15, 0.2) is 5.75 Å². The number of aromatic nitrogens is 2. The number of rotatable bonds is 6. The van der Waals surface area contributed by atoms with Gasteiger partial charge in [-0.1, -0.05) is 48.3 Å². The maximum absolute atomic E-state index is 13.5. The van der Waals surface area contributed by atoms with E-state index in [1.165, 1.54) is 48.0 Å². The second kappa shape index (κ2) is 10.6. The Bertz CT molecular complexity index is 1660. The molecule has 3 aromatic carbocycles. The molecule has 0 aliphatic carbocycles. The van der Waals surface area contributed by atoms with E-state index in [4.69, 9.17) is 27.9 Å². The summed E-state index contributed by atoms with van der Waals surface area (Å²) in [4.78, 5) is 52.3. The van der Waals surface area contributed by atoms with Crippen LogP contribution in [-0.4, -0.2) is 26.1 Å². The van der Waals surface area contributed by atoms with Crippen molar-refractivity contribution in [2.75, 3.05) is 5.32 Å². The van der Waals surface area contributed by atoms with Crippen LogP contribution in [0.1, 0.15) is 29.3 Å². The van der Waals surface area contributed by atoms with Gasteiger partial charge in [0, 0.05) is 13.5 Å². The Morgan fingerprint density at radius 3 is 2.35 bits per heavy atom. The average molecular weight is 542 g/mol. The van der Waals surface area contributed by atoms with Crippen molar-refractivity contribution in [3.8, 4) is 11.4 Å². The number of anilines is 1. The van der Waals surface area contributed by atoms with Gasteiger partial charge < -0.3 is 15.2 Å². The van der Waals surface area contributed by atoms with Crippen molar-refractivity contribution in [3.05, 3.63) is 96.6 Å². The van der Waals surface area contributed by atoms with Crippen LogP contribution in [0.5, 0.6) is 5.75 Å². The molecule has 9 nitrogen and oxygen atoms in total. The molecule has 0 atom stereocenters. The Kier molecular flexibility index (Phi) is 7.49. The number of nitrogens with zero attached hydrogens (tertiary/aromatic N) is 2. The first-order valence-electron chi connectivity index (χ1n) is 11.1. The van der Waals surface area contributed by atoms with Crippen LogP contribution in [0.3, 0.4) is 0 Å². The number of aryl methyl sites for hydroxylation is 1. The number of aliphatic hydroxyl groups is 1. The number of nitrogens with one attached hydrogen (secondary N) is 1. The fourth-order valence-electron chi connectivity index (χ4n) is 3.81. The van der Waals surface area contributed by atoms with Gasteiger partial charge in [0.05, 0.1) is 44.5 Å². The van der Waals surface area contributed by atoms with E-state index in [0.29, 0.717) is 11.1 Å². The highest BCUT2D eigenvalue weighted by molar-refractivity contribution is 6.40. The van der Waals surface area contributed by atoms with Crippen LogP contribution in [-0.2, 0) is 18.4 Å². The number of para-hydroxylation sites is 1.